The lowest BCUT2D eigenvalue weighted by atomic mass is 9.91. The van der Waals surface area contributed by atoms with Gasteiger partial charge in [-0.1, -0.05) is 0 Å². The Labute approximate surface area is 137 Å². The molecule has 6 nitrogen and oxygen atoms in total. The molecule has 1 saturated heterocycles. The molecule has 1 aromatic carbocycles. The fourth-order valence-corrected chi connectivity index (χ4v) is 2.66. The number of carbonyl (C=O) groups excluding carboxylic acids is 1. The number of amides is 1. The van der Waals surface area contributed by atoms with Crippen LogP contribution in [0.2, 0.25) is 0 Å². The maximum atomic E-state index is 13.4. The number of hydrogen-bond acceptors (Lipinski definition) is 4. The largest absolute Gasteiger partial charge is 0.381 e. The van der Waals surface area contributed by atoms with Crippen molar-refractivity contribution in [1.82, 2.24) is 20.1 Å². The number of nitrogens with zero attached hydrogens (tertiary/aromatic N) is 3. The lowest BCUT2D eigenvalue weighted by Gasteiger charge is -2.35. The van der Waals surface area contributed by atoms with E-state index in [0.717, 1.165) is 0 Å². The smallest absolute Gasteiger partial charge is 0.291 e. The number of alkyl halides is 1. The summed E-state index contributed by atoms with van der Waals surface area (Å²) in [6, 6.07) is 5.69. The number of halogens is 2. The van der Waals surface area contributed by atoms with Gasteiger partial charge in [-0.2, -0.15) is 0 Å². The molecule has 128 valence electrons. The fourth-order valence-electron chi connectivity index (χ4n) is 2.66. The summed E-state index contributed by atoms with van der Waals surface area (Å²) in [5.41, 5.74) is -0.336. The highest BCUT2D eigenvalue weighted by atomic mass is 19.1. The molecule has 2 heterocycles. The molecule has 0 unspecified atom stereocenters. The molecule has 2 aromatic rings. The van der Waals surface area contributed by atoms with Crippen LogP contribution in [-0.4, -0.2) is 46.1 Å². The quantitative estimate of drug-likeness (QED) is 0.927. The van der Waals surface area contributed by atoms with Crippen LogP contribution in [0.15, 0.2) is 24.3 Å². The van der Waals surface area contributed by atoms with Gasteiger partial charge in [0.15, 0.2) is 0 Å². The van der Waals surface area contributed by atoms with Gasteiger partial charge in [-0.05, 0) is 44.0 Å². The van der Waals surface area contributed by atoms with E-state index in [0.29, 0.717) is 37.6 Å². The lowest BCUT2D eigenvalue weighted by molar-refractivity contribution is 0.0263. The third kappa shape index (κ3) is 3.28. The van der Waals surface area contributed by atoms with E-state index in [9.17, 15) is 13.6 Å². The second-order valence-corrected chi connectivity index (χ2v) is 5.85. The SMILES string of the molecule is Cc1nc(C(=O)NC2(CF)CCOCC2)nn1-c1ccc(F)cc1. The van der Waals surface area contributed by atoms with Crippen molar-refractivity contribution >= 4 is 5.91 Å². The molecule has 0 bridgehead atoms. The van der Waals surface area contributed by atoms with E-state index < -0.39 is 18.1 Å². The van der Waals surface area contributed by atoms with E-state index in [1.807, 2.05) is 0 Å². The maximum absolute atomic E-state index is 13.4. The molecule has 1 aliphatic heterocycles. The van der Waals surface area contributed by atoms with Gasteiger partial charge in [-0.15, -0.1) is 5.10 Å². The average molecular weight is 336 g/mol. The van der Waals surface area contributed by atoms with Gasteiger partial charge in [0.25, 0.3) is 5.91 Å². The third-order valence-corrected chi connectivity index (χ3v) is 4.13. The Morgan fingerprint density at radius 2 is 2.00 bits per heavy atom. The lowest BCUT2D eigenvalue weighted by Crippen LogP contribution is -2.53. The first-order valence-electron chi connectivity index (χ1n) is 7.69. The number of hydrogen-bond donors (Lipinski definition) is 1. The normalized spacial score (nSPS) is 16.8. The van der Waals surface area contributed by atoms with E-state index in [4.69, 9.17) is 4.74 Å². The topological polar surface area (TPSA) is 69.0 Å². The number of benzene rings is 1. The summed E-state index contributed by atoms with van der Waals surface area (Å²) in [7, 11) is 0. The van der Waals surface area contributed by atoms with E-state index >= 15 is 0 Å². The van der Waals surface area contributed by atoms with Crippen LogP contribution in [0, 0.1) is 12.7 Å². The molecule has 1 amide bonds. The molecule has 1 fully saturated rings. The van der Waals surface area contributed by atoms with E-state index in [1.165, 1.54) is 16.8 Å². The van der Waals surface area contributed by atoms with Crippen LogP contribution in [0.4, 0.5) is 8.78 Å². The molecule has 1 N–H and O–H groups in total. The van der Waals surface area contributed by atoms with Crippen molar-refractivity contribution in [3.63, 3.8) is 0 Å². The van der Waals surface area contributed by atoms with E-state index in [2.05, 4.69) is 15.4 Å². The van der Waals surface area contributed by atoms with Crippen LogP contribution in [0.3, 0.4) is 0 Å². The molecule has 0 atom stereocenters. The van der Waals surface area contributed by atoms with Gasteiger partial charge < -0.3 is 10.1 Å². The first-order valence-corrected chi connectivity index (χ1v) is 7.69. The Balaban J connectivity index is 1.81. The first-order chi connectivity index (χ1) is 11.5. The zero-order valence-corrected chi connectivity index (χ0v) is 13.3. The standard InChI is InChI=1S/C16H18F2N4O2/c1-11-19-14(21-22(11)13-4-2-12(18)3-5-13)15(23)20-16(10-17)6-8-24-9-7-16/h2-5H,6-10H2,1H3,(H,20,23). The fraction of sp³-hybridized carbons (Fsp3) is 0.438. The van der Waals surface area contributed by atoms with Crippen LogP contribution in [0.1, 0.15) is 29.3 Å². The van der Waals surface area contributed by atoms with Gasteiger partial charge in [-0.25, -0.2) is 18.4 Å². The molecular weight excluding hydrogens is 318 g/mol. The molecule has 3 rings (SSSR count). The number of ether oxygens (including phenoxy) is 1. The summed E-state index contributed by atoms with van der Waals surface area (Å²) in [5.74, 6) is -0.457. The van der Waals surface area contributed by atoms with Crippen molar-refractivity contribution in [2.45, 2.75) is 25.3 Å². The highest BCUT2D eigenvalue weighted by molar-refractivity contribution is 5.91. The minimum atomic E-state index is -0.926. The van der Waals surface area contributed by atoms with E-state index in [1.54, 1.807) is 19.1 Å². The molecule has 1 aliphatic rings. The predicted molar refractivity (Wildman–Crippen MR) is 82.3 cm³/mol. The minimum Gasteiger partial charge on any atom is -0.381 e. The summed E-state index contributed by atoms with van der Waals surface area (Å²) in [6.45, 7) is 1.83. The Morgan fingerprint density at radius 3 is 2.62 bits per heavy atom. The summed E-state index contributed by atoms with van der Waals surface area (Å²) >= 11 is 0. The van der Waals surface area contributed by atoms with Gasteiger partial charge >= 0.3 is 0 Å². The number of aryl methyl sites for hydroxylation is 1. The van der Waals surface area contributed by atoms with Crippen LogP contribution < -0.4 is 5.32 Å². The number of carbonyl (C=O) groups is 1. The zero-order valence-electron chi connectivity index (χ0n) is 13.3. The molecule has 1 aromatic heterocycles. The summed E-state index contributed by atoms with van der Waals surface area (Å²) in [6.07, 6.45) is 0.819. The number of aromatic nitrogens is 3. The van der Waals surface area contributed by atoms with Gasteiger partial charge in [0.2, 0.25) is 5.82 Å². The molecular formula is C16H18F2N4O2. The van der Waals surface area contributed by atoms with Crippen molar-refractivity contribution in [3.8, 4) is 5.69 Å². The summed E-state index contributed by atoms with van der Waals surface area (Å²) in [4.78, 5) is 16.5. The molecule has 0 radical (unpaired) electrons. The number of nitrogens with one attached hydrogen (secondary N) is 1. The molecule has 8 heteroatoms. The van der Waals surface area contributed by atoms with Gasteiger partial charge in [0.05, 0.1) is 11.2 Å². The van der Waals surface area contributed by atoms with Crippen LogP contribution in [-0.2, 0) is 4.74 Å². The maximum Gasteiger partial charge on any atom is 0.291 e. The van der Waals surface area contributed by atoms with Gasteiger partial charge in [0.1, 0.15) is 18.3 Å². The summed E-state index contributed by atoms with van der Waals surface area (Å²) < 4.78 is 33.1. The zero-order chi connectivity index (χ0) is 17.2. The number of rotatable bonds is 4. The minimum absolute atomic E-state index is 0.0452. The van der Waals surface area contributed by atoms with Crippen molar-refractivity contribution < 1.29 is 18.3 Å². The Hall–Kier alpha value is -2.35. The van der Waals surface area contributed by atoms with Crippen molar-refractivity contribution in [2.75, 3.05) is 19.9 Å². The van der Waals surface area contributed by atoms with Gasteiger partial charge in [0, 0.05) is 13.2 Å². The highest BCUT2D eigenvalue weighted by Crippen LogP contribution is 2.22. The van der Waals surface area contributed by atoms with E-state index in [-0.39, 0.29) is 11.6 Å². The van der Waals surface area contributed by atoms with Crippen molar-refractivity contribution in [3.05, 3.63) is 41.7 Å². The Kier molecular flexibility index (Phi) is 4.57. The second kappa shape index (κ2) is 6.64. The molecule has 0 saturated carbocycles. The van der Waals surface area contributed by atoms with Crippen LogP contribution in [0.5, 0.6) is 0 Å². The van der Waals surface area contributed by atoms with Crippen molar-refractivity contribution in [2.24, 2.45) is 0 Å². The Morgan fingerprint density at radius 1 is 1.33 bits per heavy atom. The molecule has 0 spiro atoms. The van der Waals surface area contributed by atoms with Crippen molar-refractivity contribution in [1.29, 1.82) is 0 Å². The molecule has 0 aliphatic carbocycles. The van der Waals surface area contributed by atoms with Crippen LogP contribution in [0.25, 0.3) is 5.69 Å². The first kappa shape index (κ1) is 16.5. The third-order valence-electron chi connectivity index (χ3n) is 4.13. The highest BCUT2D eigenvalue weighted by Gasteiger charge is 2.35. The predicted octanol–water partition coefficient (Wildman–Crippen LogP) is 1.96. The molecule has 24 heavy (non-hydrogen) atoms. The monoisotopic (exact) mass is 336 g/mol. The Bertz CT molecular complexity index is 724. The second-order valence-electron chi connectivity index (χ2n) is 5.85. The average Bonchev–Trinajstić information content (AvgIpc) is 2.98. The van der Waals surface area contributed by atoms with Crippen LogP contribution >= 0.6 is 0 Å². The van der Waals surface area contributed by atoms with Gasteiger partial charge in [-0.3, -0.25) is 4.79 Å². The summed E-state index contributed by atoms with van der Waals surface area (Å²) in [5, 5.41) is 6.87.